The molecule has 2 N–H and O–H groups in total. The van der Waals surface area contributed by atoms with E-state index in [0.29, 0.717) is 5.92 Å². The molecule has 1 atom stereocenters. The van der Waals surface area contributed by atoms with Crippen LogP contribution in [-0.4, -0.2) is 40.3 Å². The molecule has 20 heavy (non-hydrogen) atoms. The minimum atomic E-state index is -0.212. The first-order valence-corrected chi connectivity index (χ1v) is 7.19. The van der Waals surface area contributed by atoms with Gasteiger partial charge in [-0.05, 0) is 25.7 Å². The van der Waals surface area contributed by atoms with Gasteiger partial charge in [0.25, 0.3) is 5.91 Å². The molecule has 1 aliphatic rings. The molecule has 1 aromatic rings. The minimum Gasteiger partial charge on any atom is -0.381 e. The van der Waals surface area contributed by atoms with Crippen LogP contribution >= 0.6 is 0 Å². The number of hydrogen-bond donors (Lipinski definition) is 2. The second-order valence-corrected chi connectivity index (χ2v) is 6.47. The Bertz CT molecular complexity index is 458. The molecule has 0 aromatic carbocycles. The molecule has 0 radical (unpaired) electrons. The summed E-state index contributed by atoms with van der Waals surface area (Å²) in [7, 11) is 0. The highest BCUT2D eigenvalue weighted by Crippen LogP contribution is 2.19. The van der Waals surface area contributed by atoms with Crippen LogP contribution in [0.2, 0.25) is 0 Å². The number of nitrogens with zero attached hydrogens (tertiary/aromatic N) is 2. The van der Waals surface area contributed by atoms with Crippen LogP contribution in [0.1, 0.15) is 57.0 Å². The lowest BCUT2D eigenvalue weighted by atomic mass is 9.93. The summed E-state index contributed by atoms with van der Waals surface area (Å²) < 4.78 is 5.34. The predicted octanol–water partition coefficient (Wildman–Crippen LogP) is 1.65. The third-order valence-electron chi connectivity index (χ3n) is 3.73. The summed E-state index contributed by atoms with van der Waals surface area (Å²) in [6.45, 7) is 9.67. The quantitative estimate of drug-likeness (QED) is 0.882. The largest absolute Gasteiger partial charge is 0.381 e. The smallest absolute Gasteiger partial charge is 0.291 e. The molecule has 0 bridgehead atoms. The molecule has 112 valence electrons. The van der Waals surface area contributed by atoms with Gasteiger partial charge in [-0.25, -0.2) is 4.98 Å². The highest BCUT2D eigenvalue weighted by Gasteiger charge is 2.25. The fourth-order valence-corrected chi connectivity index (χ4v) is 2.30. The van der Waals surface area contributed by atoms with Crippen LogP contribution in [0, 0.1) is 5.92 Å². The Morgan fingerprint density at radius 1 is 1.40 bits per heavy atom. The zero-order chi connectivity index (χ0) is 14.8. The van der Waals surface area contributed by atoms with Crippen LogP contribution in [0.3, 0.4) is 0 Å². The number of carbonyl (C=O) groups excluding carboxylic acids is 1. The number of amides is 1. The number of aromatic nitrogens is 3. The highest BCUT2D eigenvalue weighted by molar-refractivity contribution is 5.90. The molecular formula is C14H24N4O2. The molecule has 1 unspecified atom stereocenters. The number of carbonyl (C=O) groups is 1. The van der Waals surface area contributed by atoms with E-state index in [-0.39, 0.29) is 23.2 Å². The van der Waals surface area contributed by atoms with Gasteiger partial charge in [-0.15, -0.1) is 5.10 Å². The molecule has 1 fully saturated rings. The highest BCUT2D eigenvalue weighted by atomic mass is 16.5. The average molecular weight is 280 g/mol. The third kappa shape index (κ3) is 3.56. The number of rotatable bonds is 3. The van der Waals surface area contributed by atoms with Crippen molar-refractivity contribution in [2.75, 3.05) is 13.2 Å². The van der Waals surface area contributed by atoms with E-state index in [1.807, 2.05) is 27.7 Å². The molecular weight excluding hydrogens is 256 g/mol. The lowest BCUT2D eigenvalue weighted by Gasteiger charge is -2.27. The van der Waals surface area contributed by atoms with Crippen LogP contribution in [0.15, 0.2) is 0 Å². The standard InChI is InChI=1S/C14H24N4O2/c1-9(10-5-7-20-8-6-10)15-12(19)11-16-13(18-17-11)14(2,3)4/h9-10H,5-8H2,1-4H3,(H,15,19)(H,16,17,18). The van der Waals surface area contributed by atoms with Crippen molar-refractivity contribution in [3.63, 3.8) is 0 Å². The Hall–Kier alpha value is -1.43. The summed E-state index contributed by atoms with van der Waals surface area (Å²) in [6, 6.07) is 0.114. The Labute approximate surface area is 119 Å². The predicted molar refractivity (Wildman–Crippen MR) is 75.6 cm³/mol. The molecule has 2 heterocycles. The summed E-state index contributed by atoms with van der Waals surface area (Å²) in [6.07, 6.45) is 1.98. The molecule has 6 heteroatoms. The zero-order valence-corrected chi connectivity index (χ0v) is 12.7. The van der Waals surface area contributed by atoms with E-state index in [4.69, 9.17) is 4.74 Å². The van der Waals surface area contributed by atoms with E-state index < -0.39 is 0 Å². The zero-order valence-electron chi connectivity index (χ0n) is 12.7. The molecule has 6 nitrogen and oxygen atoms in total. The fraction of sp³-hybridized carbons (Fsp3) is 0.786. The van der Waals surface area contributed by atoms with Crippen molar-refractivity contribution in [1.82, 2.24) is 20.5 Å². The monoisotopic (exact) mass is 280 g/mol. The van der Waals surface area contributed by atoms with Gasteiger partial charge in [-0.2, -0.15) is 0 Å². The van der Waals surface area contributed by atoms with Crippen molar-refractivity contribution in [3.05, 3.63) is 11.6 Å². The Morgan fingerprint density at radius 3 is 2.60 bits per heavy atom. The molecule has 0 saturated carbocycles. The summed E-state index contributed by atoms with van der Waals surface area (Å²) >= 11 is 0. The number of ether oxygens (including phenoxy) is 1. The first-order chi connectivity index (χ1) is 9.38. The van der Waals surface area contributed by atoms with E-state index in [0.717, 1.165) is 31.9 Å². The summed E-state index contributed by atoms with van der Waals surface area (Å²) in [5, 5.41) is 9.84. The maximum atomic E-state index is 12.2. The summed E-state index contributed by atoms with van der Waals surface area (Å²) in [5.74, 6) is 1.19. The SMILES string of the molecule is CC(NC(=O)c1n[nH]c(C(C)(C)C)n1)C1CCOCC1. The average Bonchev–Trinajstić information content (AvgIpc) is 2.89. The van der Waals surface area contributed by atoms with Gasteiger partial charge in [0.2, 0.25) is 5.82 Å². The van der Waals surface area contributed by atoms with Gasteiger partial charge in [0.15, 0.2) is 0 Å². The maximum absolute atomic E-state index is 12.2. The summed E-state index contributed by atoms with van der Waals surface area (Å²) in [5.41, 5.74) is -0.141. The molecule has 0 aliphatic carbocycles. The Morgan fingerprint density at radius 2 is 2.05 bits per heavy atom. The van der Waals surface area contributed by atoms with Crippen molar-refractivity contribution < 1.29 is 9.53 Å². The van der Waals surface area contributed by atoms with Crippen LogP contribution in [-0.2, 0) is 10.2 Å². The van der Waals surface area contributed by atoms with Crippen LogP contribution in [0.5, 0.6) is 0 Å². The molecule has 1 saturated heterocycles. The van der Waals surface area contributed by atoms with E-state index in [2.05, 4.69) is 20.5 Å². The number of H-pyrrole nitrogens is 1. The van der Waals surface area contributed by atoms with E-state index in [9.17, 15) is 4.79 Å². The van der Waals surface area contributed by atoms with E-state index in [1.165, 1.54) is 0 Å². The van der Waals surface area contributed by atoms with Crippen LogP contribution < -0.4 is 5.32 Å². The third-order valence-corrected chi connectivity index (χ3v) is 3.73. The van der Waals surface area contributed by atoms with Crippen LogP contribution in [0.4, 0.5) is 0 Å². The van der Waals surface area contributed by atoms with Crippen molar-refractivity contribution in [2.45, 2.75) is 52.0 Å². The number of nitrogens with one attached hydrogen (secondary N) is 2. The van der Waals surface area contributed by atoms with Crippen molar-refractivity contribution in [1.29, 1.82) is 0 Å². The Kier molecular flexibility index (Phi) is 4.42. The van der Waals surface area contributed by atoms with Gasteiger partial charge in [-0.3, -0.25) is 9.89 Å². The topological polar surface area (TPSA) is 79.9 Å². The second-order valence-electron chi connectivity index (χ2n) is 6.47. The second kappa shape index (κ2) is 5.91. The lowest BCUT2D eigenvalue weighted by Crippen LogP contribution is -2.40. The Balaban J connectivity index is 1.95. The fourth-order valence-electron chi connectivity index (χ4n) is 2.30. The van der Waals surface area contributed by atoms with Crippen molar-refractivity contribution in [2.24, 2.45) is 5.92 Å². The maximum Gasteiger partial charge on any atom is 0.291 e. The van der Waals surface area contributed by atoms with Crippen molar-refractivity contribution >= 4 is 5.91 Å². The molecule has 0 spiro atoms. The van der Waals surface area contributed by atoms with Gasteiger partial charge >= 0.3 is 0 Å². The van der Waals surface area contributed by atoms with Crippen LogP contribution in [0.25, 0.3) is 0 Å². The minimum absolute atomic E-state index is 0.114. The van der Waals surface area contributed by atoms with E-state index in [1.54, 1.807) is 0 Å². The normalized spacial score (nSPS) is 18.8. The number of aromatic amines is 1. The van der Waals surface area contributed by atoms with Gasteiger partial charge < -0.3 is 10.1 Å². The van der Waals surface area contributed by atoms with Gasteiger partial charge in [0, 0.05) is 24.7 Å². The van der Waals surface area contributed by atoms with Gasteiger partial charge in [-0.1, -0.05) is 20.8 Å². The van der Waals surface area contributed by atoms with E-state index >= 15 is 0 Å². The first-order valence-electron chi connectivity index (χ1n) is 7.19. The van der Waals surface area contributed by atoms with Gasteiger partial charge in [0.05, 0.1) is 0 Å². The molecule has 1 aliphatic heterocycles. The molecule has 1 aromatic heterocycles. The number of hydrogen-bond acceptors (Lipinski definition) is 4. The lowest BCUT2D eigenvalue weighted by molar-refractivity contribution is 0.0537. The summed E-state index contributed by atoms with van der Waals surface area (Å²) in [4.78, 5) is 16.4. The molecule has 2 rings (SSSR count). The van der Waals surface area contributed by atoms with Gasteiger partial charge in [0.1, 0.15) is 5.82 Å². The van der Waals surface area contributed by atoms with Crippen molar-refractivity contribution in [3.8, 4) is 0 Å². The molecule has 1 amide bonds. The first kappa shape index (κ1) is 15.0.